The van der Waals surface area contributed by atoms with Gasteiger partial charge in [-0.05, 0) is 78.6 Å². The van der Waals surface area contributed by atoms with Gasteiger partial charge in [-0.25, -0.2) is 5.43 Å². The van der Waals surface area contributed by atoms with Crippen LogP contribution in [0, 0.1) is 0 Å². The molecule has 10 heteroatoms. The normalized spacial score (nSPS) is 14.4. The Morgan fingerprint density at radius 2 is 1.75 bits per heavy atom. The zero-order chi connectivity index (χ0) is 28.5. The van der Waals surface area contributed by atoms with Crippen molar-refractivity contribution in [1.29, 1.82) is 0 Å². The van der Waals surface area contributed by atoms with Gasteiger partial charge in [0.1, 0.15) is 15.8 Å². The Hall–Kier alpha value is -4.15. The van der Waals surface area contributed by atoms with Crippen LogP contribution in [0.1, 0.15) is 30.5 Å². The van der Waals surface area contributed by atoms with E-state index in [9.17, 15) is 9.59 Å². The molecule has 3 aromatic carbocycles. The number of rotatable bonds is 11. The fourth-order valence-corrected chi connectivity index (χ4v) is 5.09. The predicted molar refractivity (Wildman–Crippen MR) is 165 cm³/mol. The van der Waals surface area contributed by atoms with E-state index >= 15 is 0 Å². The van der Waals surface area contributed by atoms with Crippen molar-refractivity contribution in [2.45, 2.75) is 20.3 Å². The van der Waals surface area contributed by atoms with Crippen molar-refractivity contribution in [3.05, 3.63) is 94.4 Å². The second kappa shape index (κ2) is 13.8. The Labute approximate surface area is 243 Å². The van der Waals surface area contributed by atoms with E-state index < -0.39 is 0 Å². The van der Waals surface area contributed by atoms with E-state index in [-0.39, 0.29) is 18.4 Å². The highest BCUT2D eigenvalue weighted by molar-refractivity contribution is 8.26. The van der Waals surface area contributed by atoms with Gasteiger partial charge in [0.2, 0.25) is 0 Å². The first-order chi connectivity index (χ1) is 19.4. The number of carbonyl (C=O) groups excluding carboxylic acids is 2. The molecule has 8 nitrogen and oxygen atoms in total. The summed E-state index contributed by atoms with van der Waals surface area (Å²) in [6.07, 6.45) is 2.69. The predicted octanol–water partition coefficient (Wildman–Crippen LogP) is 5.45. The fraction of sp³-hybridized carbons (Fsp3) is 0.200. The molecule has 0 atom stereocenters. The third kappa shape index (κ3) is 7.49. The number of hydrogen-bond acceptors (Lipinski definition) is 8. The van der Waals surface area contributed by atoms with Gasteiger partial charge in [0.05, 0.1) is 24.4 Å². The summed E-state index contributed by atoms with van der Waals surface area (Å²) < 4.78 is 11.2. The van der Waals surface area contributed by atoms with Gasteiger partial charge < -0.3 is 14.8 Å². The lowest BCUT2D eigenvalue weighted by Crippen LogP contribution is -2.33. The summed E-state index contributed by atoms with van der Waals surface area (Å²) >= 11 is 6.73. The van der Waals surface area contributed by atoms with E-state index in [0.29, 0.717) is 27.4 Å². The fourth-order valence-electron chi connectivity index (χ4n) is 3.84. The van der Waals surface area contributed by atoms with Gasteiger partial charge in [0, 0.05) is 5.69 Å². The number of para-hydroxylation sites is 1. The third-order valence-electron chi connectivity index (χ3n) is 6.10. The molecule has 0 saturated carbocycles. The van der Waals surface area contributed by atoms with Crippen molar-refractivity contribution in [2.75, 3.05) is 25.7 Å². The second-order valence-electron chi connectivity index (χ2n) is 8.77. The first-order valence-corrected chi connectivity index (χ1v) is 13.9. The highest BCUT2D eigenvalue weighted by Gasteiger charge is 2.31. The van der Waals surface area contributed by atoms with Crippen LogP contribution in [0.15, 0.2) is 82.8 Å². The van der Waals surface area contributed by atoms with Crippen LogP contribution in [0.25, 0.3) is 6.08 Å². The number of amides is 2. The van der Waals surface area contributed by atoms with Gasteiger partial charge in [0.25, 0.3) is 11.8 Å². The Morgan fingerprint density at radius 1 is 1.05 bits per heavy atom. The number of methoxy groups -OCH3 is 1. The zero-order valence-electron chi connectivity index (χ0n) is 22.5. The Bertz CT molecular complexity index is 1440. The lowest BCUT2D eigenvalue weighted by molar-refractivity contribution is -0.123. The number of hydrogen-bond donors (Lipinski definition) is 2. The molecule has 0 aromatic heterocycles. The van der Waals surface area contributed by atoms with Gasteiger partial charge in [0.15, 0.2) is 6.61 Å². The number of thioether (sulfide) groups is 1. The highest BCUT2D eigenvalue weighted by atomic mass is 32.2. The molecule has 2 amide bonds. The molecule has 206 valence electrons. The maximum atomic E-state index is 13.0. The second-order valence-corrected chi connectivity index (χ2v) is 10.4. The topological polar surface area (TPSA) is 92.3 Å². The molecular weight excluding hydrogens is 544 g/mol. The zero-order valence-corrected chi connectivity index (χ0v) is 24.1. The van der Waals surface area contributed by atoms with Crippen molar-refractivity contribution in [1.82, 2.24) is 10.3 Å². The van der Waals surface area contributed by atoms with Crippen molar-refractivity contribution in [2.24, 2.45) is 5.10 Å². The van der Waals surface area contributed by atoms with Crippen LogP contribution in [0.3, 0.4) is 0 Å². The molecule has 40 heavy (non-hydrogen) atoms. The van der Waals surface area contributed by atoms with Gasteiger partial charge in [-0.1, -0.05) is 61.2 Å². The smallest absolute Gasteiger partial charge is 0.277 e. The number of nitrogens with one attached hydrogen (secondary N) is 2. The molecule has 0 unspecified atom stereocenters. The SMILES string of the molecule is CCc1ccccc1NCN1C(=O)/C(=C/c2ccc(OCC(=O)N/N=C(/C)c3ccc(OC)cc3)cc2)SC1=S. The summed E-state index contributed by atoms with van der Waals surface area (Å²) in [7, 11) is 1.60. The van der Waals surface area contributed by atoms with Crippen LogP contribution in [0.4, 0.5) is 5.69 Å². The Balaban J connectivity index is 1.28. The number of aryl methyl sites for hydroxylation is 1. The number of thiocarbonyl (C=S) groups is 1. The van der Waals surface area contributed by atoms with Crippen LogP contribution in [-0.2, 0) is 16.0 Å². The largest absolute Gasteiger partial charge is 0.497 e. The van der Waals surface area contributed by atoms with Crippen LogP contribution in [-0.4, -0.2) is 47.1 Å². The molecule has 0 radical (unpaired) electrons. The number of benzene rings is 3. The summed E-state index contributed by atoms with van der Waals surface area (Å²) in [5.74, 6) is 0.751. The third-order valence-corrected chi connectivity index (χ3v) is 7.48. The Kier molecular flexibility index (Phi) is 9.93. The maximum absolute atomic E-state index is 13.0. The van der Waals surface area contributed by atoms with Crippen LogP contribution >= 0.6 is 24.0 Å². The van der Waals surface area contributed by atoms with Gasteiger partial charge in [-0.3, -0.25) is 14.5 Å². The number of nitrogens with zero attached hydrogens (tertiary/aromatic N) is 2. The molecule has 1 fully saturated rings. The minimum Gasteiger partial charge on any atom is -0.497 e. The molecule has 3 aromatic rings. The molecular formula is C30H30N4O4S2. The lowest BCUT2D eigenvalue weighted by Gasteiger charge is -2.17. The average molecular weight is 575 g/mol. The summed E-state index contributed by atoms with van der Waals surface area (Å²) in [4.78, 5) is 27.3. The number of ether oxygens (including phenoxy) is 2. The average Bonchev–Trinajstić information content (AvgIpc) is 3.25. The maximum Gasteiger partial charge on any atom is 0.277 e. The molecule has 2 N–H and O–H groups in total. The minimum absolute atomic E-state index is 0.140. The van der Waals surface area contributed by atoms with Crippen LogP contribution < -0.4 is 20.2 Å². The van der Waals surface area contributed by atoms with E-state index in [2.05, 4.69) is 28.8 Å². The number of carbonyl (C=O) groups is 2. The number of hydrazone groups is 1. The molecule has 1 heterocycles. The summed E-state index contributed by atoms with van der Waals surface area (Å²) in [5, 5.41) is 7.45. The summed E-state index contributed by atoms with van der Waals surface area (Å²) in [6, 6.07) is 22.5. The molecule has 4 rings (SSSR count). The van der Waals surface area contributed by atoms with Crippen molar-refractivity contribution < 1.29 is 19.1 Å². The standard InChI is InChI=1S/C30H30N4O4S2/c1-4-22-7-5-6-8-26(22)31-19-34-29(36)27(40-30(34)39)17-21-9-13-25(14-10-21)38-18-28(35)33-32-20(2)23-11-15-24(37-3)16-12-23/h5-17,31H,4,18-19H2,1-3H3,(H,33,35)/b27-17-,32-20-. The molecule has 0 bridgehead atoms. The number of anilines is 1. The molecule has 1 aliphatic heterocycles. The molecule has 1 saturated heterocycles. The first-order valence-electron chi connectivity index (χ1n) is 12.7. The van der Waals surface area contributed by atoms with Gasteiger partial charge in [-0.2, -0.15) is 5.10 Å². The summed E-state index contributed by atoms with van der Waals surface area (Å²) in [5.41, 5.74) is 7.02. The molecule has 0 spiro atoms. The van der Waals surface area contributed by atoms with E-state index in [1.165, 1.54) is 17.3 Å². The van der Waals surface area contributed by atoms with Gasteiger partial charge in [-0.15, -0.1) is 0 Å². The minimum atomic E-state index is -0.379. The Morgan fingerprint density at radius 3 is 2.45 bits per heavy atom. The lowest BCUT2D eigenvalue weighted by atomic mass is 10.1. The van der Waals surface area contributed by atoms with Crippen LogP contribution in [0.2, 0.25) is 0 Å². The van der Waals surface area contributed by atoms with Crippen molar-refractivity contribution in [3.8, 4) is 11.5 Å². The van der Waals surface area contributed by atoms with Crippen molar-refractivity contribution in [3.63, 3.8) is 0 Å². The molecule has 0 aliphatic carbocycles. The quantitative estimate of drug-likeness (QED) is 0.136. The van der Waals surface area contributed by atoms with E-state index in [0.717, 1.165) is 29.0 Å². The van der Waals surface area contributed by atoms with E-state index in [1.807, 2.05) is 54.6 Å². The highest BCUT2D eigenvalue weighted by Crippen LogP contribution is 2.33. The van der Waals surface area contributed by atoms with Crippen LogP contribution in [0.5, 0.6) is 11.5 Å². The van der Waals surface area contributed by atoms with Crippen molar-refractivity contribution >= 4 is 57.6 Å². The summed E-state index contributed by atoms with van der Waals surface area (Å²) in [6.45, 7) is 4.01. The first kappa shape index (κ1) is 28.8. The van der Waals surface area contributed by atoms with E-state index in [4.69, 9.17) is 21.7 Å². The van der Waals surface area contributed by atoms with Gasteiger partial charge >= 0.3 is 0 Å². The molecule has 1 aliphatic rings. The monoisotopic (exact) mass is 574 g/mol. The van der Waals surface area contributed by atoms with E-state index in [1.54, 1.807) is 37.1 Å².